The molecule has 0 bridgehead atoms. The molecule has 106 valence electrons. The number of piperidine rings is 1. The summed E-state index contributed by atoms with van der Waals surface area (Å²) in [5, 5.41) is 12.2. The Morgan fingerprint density at radius 1 is 1.50 bits per heavy atom. The number of rotatable bonds is 3. The summed E-state index contributed by atoms with van der Waals surface area (Å²) in [6.45, 7) is 1.57. The molecule has 0 aliphatic carbocycles. The van der Waals surface area contributed by atoms with Gasteiger partial charge in [0.2, 0.25) is 5.91 Å². The van der Waals surface area contributed by atoms with Crippen molar-refractivity contribution in [1.29, 1.82) is 5.26 Å². The first-order valence-corrected chi connectivity index (χ1v) is 6.68. The van der Waals surface area contributed by atoms with E-state index in [2.05, 4.69) is 16.3 Å². The molecule has 0 spiro atoms. The number of carbonyl (C=O) groups is 1. The molecule has 20 heavy (non-hydrogen) atoms. The van der Waals surface area contributed by atoms with Crippen LogP contribution in [0.4, 0.5) is 4.39 Å². The monoisotopic (exact) mass is 275 g/mol. The summed E-state index contributed by atoms with van der Waals surface area (Å²) in [7, 11) is 2.00. The highest BCUT2D eigenvalue weighted by Gasteiger charge is 2.35. The molecular weight excluding hydrogens is 257 g/mol. The molecule has 2 rings (SSSR count). The van der Waals surface area contributed by atoms with Crippen LogP contribution in [0.15, 0.2) is 24.3 Å². The second kappa shape index (κ2) is 6.02. The predicted molar refractivity (Wildman–Crippen MR) is 73.3 cm³/mol. The SMILES string of the molecule is CN1CCC(C#N)(NC(=O)Cc2cccc(F)c2)CC1. The van der Waals surface area contributed by atoms with Crippen molar-refractivity contribution < 1.29 is 9.18 Å². The second-order valence-corrected chi connectivity index (χ2v) is 5.35. The van der Waals surface area contributed by atoms with E-state index in [0.29, 0.717) is 18.4 Å². The third-order valence-corrected chi connectivity index (χ3v) is 3.69. The summed E-state index contributed by atoms with van der Waals surface area (Å²) < 4.78 is 13.1. The second-order valence-electron chi connectivity index (χ2n) is 5.35. The number of nitrogens with zero attached hydrogens (tertiary/aromatic N) is 2. The highest BCUT2D eigenvalue weighted by molar-refractivity contribution is 5.79. The lowest BCUT2D eigenvalue weighted by molar-refractivity contribution is -0.122. The standard InChI is InChI=1S/C15H18FN3O/c1-19-7-5-15(11-17,6-8-19)18-14(20)10-12-3-2-4-13(16)9-12/h2-4,9H,5-8,10H2,1H3,(H,18,20). The Balaban J connectivity index is 1.98. The number of amides is 1. The van der Waals surface area contributed by atoms with Crippen LogP contribution in [0.2, 0.25) is 0 Å². The third kappa shape index (κ3) is 3.55. The summed E-state index contributed by atoms with van der Waals surface area (Å²) in [6, 6.07) is 8.20. The van der Waals surface area contributed by atoms with Gasteiger partial charge in [-0.05, 0) is 37.6 Å². The topological polar surface area (TPSA) is 56.1 Å². The first-order valence-electron chi connectivity index (χ1n) is 6.68. The first kappa shape index (κ1) is 14.5. The van der Waals surface area contributed by atoms with Gasteiger partial charge in [-0.2, -0.15) is 5.26 Å². The molecule has 5 heteroatoms. The van der Waals surface area contributed by atoms with Gasteiger partial charge in [0.25, 0.3) is 0 Å². The summed E-state index contributed by atoms with van der Waals surface area (Å²) in [5.41, 5.74) is -0.166. The Hall–Kier alpha value is -1.93. The van der Waals surface area contributed by atoms with Gasteiger partial charge in [-0.15, -0.1) is 0 Å². The summed E-state index contributed by atoms with van der Waals surface area (Å²) in [4.78, 5) is 14.2. The number of benzene rings is 1. The zero-order chi connectivity index (χ0) is 14.6. The molecule has 1 fully saturated rings. The smallest absolute Gasteiger partial charge is 0.225 e. The molecule has 0 aromatic heterocycles. The van der Waals surface area contributed by atoms with E-state index in [1.807, 2.05) is 7.05 Å². The zero-order valence-corrected chi connectivity index (χ0v) is 11.5. The Morgan fingerprint density at radius 3 is 2.80 bits per heavy atom. The molecule has 4 nitrogen and oxygen atoms in total. The normalized spacial score (nSPS) is 18.2. The maximum atomic E-state index is 13.1. The van der Waals surface area contributed by atoms with E-state index in [4.69, 9.17) is 0 Å². The lowest BCUT2D eigenvalue weighted by Crippen LogP contribution is -2.54. The van der Waals surface area contributed by atoms with Crippen molar-refractivity contribution in [2.75, 3.05) is 20.1 Å². The molecule has 1 saturated heterocycles. The van der Waals surface area contributed by atoms with Crippen molar-refractivity contribution in [3.63, 3.8) is 0 Å². The van der Waals surface area contributed by atoms with Crippen molar-refractivity contribution in [2.45, 2.75) is 24.8 Å². The molecule has 0 saturated carbocycles. The Kier molecular flexibility index (Phi) is 4.35. The number of carbonyl (C=O) groups excluding carboxylic acids is 1. The highest BCUT2D eigenvalue weighted by Crippen LogP contribution is 2.21. The molecular formula is C15H18FN3O. The molecule has 1 aliphatic rings. The quantitative estimate of drug-likeness (QED) is 0.909. The van der Waals surface area contributed by atoms with Crippen molar-refractivity contribution in [2.24, 2.45) is 0 Å². The van der Waals surface area contributed by atoms with E-state index >= 15 is 0 Å². The number of halogens is 1. The van der Waals surface area contributed by atoms with Crippen LogP contribution in [0.3, 0.4) is 0 Å². The number of hydrogen-bond acceptors (Lipinski definition) is 3. The lowest BCUT2D eigenvalue weighted by atomic mass is 9.89. The van der Waals surface area contributed by atoms with Crippen LogP contribution in [-0.4, -0.2) is 36.5 Å². The minimum Gasteiger partial charge on any atom is -0.337 e. The molecule has 1 aromatic rings. The van der Waals surface area contributed by atoms with Gasteiger partial charge in [0.1, 0.15) is 11.4 Å². The van der Waals surface area contributed by atoms with Gasteiger partial charge in [0, 0.05) is 13.1 Å². The van der Waals surface area contributed by atoms with Gasteiger partial charge in [-0.3, -0.25) is 4.79 Å². The van der Waals surface area contributed by atoms with Crippen molar-refractivity contribution >= 4 is 5.91 Å². The van der Waals surface area contributed by atoms with Crippen LogP contribution in [0.5, 0.6) is 0 Å². The van der Waals surface area contributed by atoms with Gasteiger partial charge in [-0.25, -0.2) is 4.39 Å². The Bertz CT molecular complexity index is 530. The number of hydrogen-bond donors (Lipinski definition) is 1. The van der Waals surface area contributed by atoms with Gasteiger partial charge in [0.05, 0.1) is 12.5 Å². The molecule has 1 aromatic carbocycles. The largest absolute Gasteiger partial charge is 0.337 e. The van der Waals surface area contributed by atoms with Crippen LogP contribution in [0, 0.1) is 17.1 Å². The minimum absolute atomic E-state index is 0.0943. The van der Waals surface area contributed by atoms with Gasteiger partial charge in [0.15, 0.2) is 0 Å². The van der Waals surface area contributed by atoms with E-state index in [9.17, 15) is 14.4 Å². The van der Waals surface area contributed by atoms with E-state index in [-0.39, 0.29) is 18.1 Å². The van der Waals surface area contributed by atoms with E-state index in [1.165, 1.54) is 12.1 Å². The van der Waals surface area contributed by atoms with Gasteiger partial charge < -0.3 is 10.2 Å². The molecule has 1 aliphatic heterocycles. The molecule has 0 atom stereocenters. The van der Waals surface area contributed by atoms with Crippen LogP contribution >= 0.6 is 0 Å². The van der Waals surface area contributed by atoms with Crippen LogP contribution in [0.1, 0.15) is 18.4 Å². The Morgan fingerprint density at radius 2 is 2.20 bits per heavy atom. The van der Waals surface area contributed by atoms with Gasteiger partial charge in [-0.1, -0.05) is 12.1 Å². The third-order valence-electron chi connectivity index (χ3n) is 3.69. The van der Waals surface area contributed by atoms with Crippen LogP contribution in [0.25, 0.3) is 0 Å². The van der Waals surface area contributed by atoms with E-state index < -0.39 is 5.54 Å². The Labute approximate surface area is 118 Å². The van der Waals surface area contributed by atoms with Crippen molar-refractivity contribution in [1.82, 2.24) is 10.2 Å². The lowest BCUT2D eigenvalue weighted by Gasteiger charge is -2.36. The maximum absolute atomic E-state index is 13.1. The number of likely N-dealkylation sites (tertiary alicyclic amines) is 1. The van der Waals surface area contributed by atoms with Crippen molar-refractivity contribution in [3.05, 3.63) is 35.6 Å². The number of nitriles is 1. The van der Waals surface area contributed by atoms with Crippen LogP contribution in [-0.2, 0) is 11.2 Å². The molecule has 0 radical (unpaired) electrons. The number of nitrogens with one attached hydrogen (secondary N) is 1. The first-order chi connectivity index (χ1) is 9.53. The average Bonchev–Trinajstić information content (AvgIpc) is 2.41. The van der Waals surface area contributed by atoms with Crippen LogP contribution < -0.4 is 5.32 Å². The summed E-state index contributed by atoms with van der Waals surface area (Å²) in [6.07, 6.45) is 1.33. The minimum atomic E-state index is -0.781. The van der Waals surface area contributed by atoms with Crippen molar-refractivity contribution in [3.8, 4) is 6.07 Å². The zero-order valence-electron chi connectivity index (χ0n) is 11.5. The maximum Gasteiger partial charge on any atom is 0.225 e. The molecule has 0 unspecified atom stereocenters. The molecule has 1 N–H and O–H groups in total. The molecule has 1 amide bonds. The fourth-order valence-corrected chi connectivity index (χ4v) is 2.41. The average molecular weight is 275 g/mol. The summed E-state index contributed by atoms with van der Waals surface area (Å²) in [5.74, 6) is -0.591. The van der Waals surface area contributed by atoms with Gasteiger partial charge >= 0.3 is 0 Å². The predicted octanol–water partition coefficient (Wildman–Crippen LogP) is 1.47. The highest BCUT2D eigenvalue weighted by atomic mass is 19.1. The van der Waals surface area contributed by atoms with E-state index in [1.54, 1.807) is 12.1 Å². The molecule has 1 heterocycles. The summed E-state index contributed by atoms with van der Waals surface area (Å²) >= 11 is 0. The fourth-order valence-electron chi connectivity index (χ4n) is 2.41. The fraction of sp³-hybridized carbons (Fsp3) is 0.467. The van der Waals surface area contributed by atoms with E-state index in [0.717, 1.165) is 13.1 Å².